The van der Waals surface area contributed by atoms with Crippen molar-refractivity contribution in [2.24, 2.45) is 5.73 Å². The van der Waals surface area contributed by atoms with Crippen LogP contribution in [0.5, 0.6) is 0 Å². The van der Waals surface area contributed by atoms with Crippen LogP contribution >= 0.6 is 0 Å². The predicted octanol–water partition coefficient (Wildman–Crippen LogP) is 0.182. The largest absolute Gasteiger partial charge is 0.398 e. The maximum absolute atomic E-state index is 11.7. The molecule has 16 heavy (non-hydrogen) atoms. The highest BCUT2D eigenvalue weighted by Crippen LogP contribution is 2.15. The number of carbonyl (C=O) groups is 2. The Morgan fingerprint density at radius 2 is 2.06 bits per heavy atom. The standard InChI is InChI=1S/C11H15N3O2/c1-7-3-2-4-8(10(7)13)11(16)14-6-5-9(12)15/h2-4H,5-6,13H2,1H3,(H2,12,15)(H,14,16). The first kappa shape index (κ1) is 12.0. The van der Waals surface area contributed by atoms with E-state index in [2.05, 4.69) is 5.32 Å². The Hall–Kier alpha value is -2.04. The summed E-state index contributed by atoms with van der Waals surface area (Å²) >= 11 is 0. The van der Waals surface area contributed by atoms with Crippen molar-refractivity contribution >= 4 is 17.5 Å². The van der Waals surface area contributed by atoms with Gasteiger partial charge in [0, 0.05) is 18.7 Å². The summed E-state index contributed by atoms with van der Waals surface area (Å²) in [4.78, 5) is 22.1. The van der Waals surface area contributed by atoms with Crippen LogP contribution in [0.15, 0.2) is 18.2 Å². The minimum atomic E-state index is -0.447. The normalized spacial score (nSPS) is 9.81. The molecule has 0 heterocycles. The fraction of sp³-hybridized carbons (Fsp3) is 0.273. The van der Waals surface area contributed by atoms with Gasteiger partial charge in [0.05, 0.1) is 5.56 Å². The number of nitrogens with two attached hydrogens (primary N) is 2. The number of hydrogen-bond acceptors (Lipinski definition) is 3. The molecule has 0 saturated heterocycles. The second kappa shape index (κ2) is 5.16. The summed E-state index contributed by atoms with van der Waals surface area (Å²) in [7, 11) is 0. The lowest BCUT2D eigenvalue weighted by atomic mass is 10.1. The first-order valence-corrected chi connectivity index (χ1v) is 4.94. The van der Waals surface area contributed by atoms with Gasteiger partial charge in [0.2, 0.25) is 5.91 Å². The van der Waals surface area contributed by atoms with Gasteiger partial charge in [0.15, 0.2) is 0 Å². The molecule has 0 saturated carbocycles. The quantitative estimate of drug-likeness (QED) is 0.632. The van der Waals surface area contributed by atoms with Crippen LogP contribution in [-0.4, -0.2) is 18.4 Å². The van der Waals surface area contributed by atoms with Crippen molar-refractivity contribution in [3.8, 4) is 0 Å². The molecule has 0 fully saturated rings. The maximum atomic E-state index is 11.7. The Morgan fingerprint density at radius 1 is 1.38 bits per heavy atom. The molecule has 0 aromatic heterocycles. The maximum Gasteiger partial charge on any atom is 0.253 e. The number of aryl methyl sites for hydroxylation is 1. The molecule has 0 aliphatic rings. The Morgan fingerprint density at radius 3 is 2.69 bits per heavy atom. The molecule has 0 atom stereocenters. The summed E-state index contributed by atoms with van der Waals surface area (Å²) in [5.41, 5.74) is 12.4. The molecule has 2 amide bonds. The fourth-order valence-corrected chi connectivity index (χ4v) is 1.27. The number of amides is 2. The Balaban J connectivity index is 2.66. The first-order valence-electron chi connectivity index (χ1n) is 4.94. The average Bonchev–Trinajstić information content (AvgIpc) is 2.21. The van der Waals surface area contributed by atoms with E-state index in [9.17, 15) is 9.59 Å². The topological polar surface area (TPSA) is 98.2 Å². The van der Waals surface area contributed by atoms with Gasteiger partial charge in [-0.25, -0.2) is 0 Å². The zero-order valence-electron chi connectivity index (χ0n) is 9.12. The number of primary amides is 1. The van der Waals surface area contributed by atoms with Gasteiger partial charge in [-0.3, -0.25) is 9.59 Å². The van der Waals surface area contributed by atoms with E-state index in [4.69, 9.17) is 11.5 Å². The molecule has 1 rings (SSSR count). The van der Waals surface area contributed by atoms with E-state index >= 15 is 0 Å². The van der Waals surface area contributed by atoms with E-state index in [1.807, 2.05) is 13.0 Å². The van der Waals surface area contributed by atoms with Gasteiger partial charge < -0.3 is 16.8 Å². The Kier molecular flexibility index (Phi) is 3.88. The van der Waals surface area contributed by atoms with E-state index in [1.165, 1.54) is 0 Å². The predicted molar refractivity (Wildman–Crippen MR) is 61.7 cm³/mol. The number of anilines is 1. The molecule has 1 aromatic rings. The van der Waals surface area contributed by atoms with Crippen LogP contribution < -0.4 is 16.8 Å². The molecule has 0 spiro atoms. The summed E-state index contributed by atoms with van der Waals surface area (Å²) in [5, 5.41) is 2.58. The van der Waals surface area contributed by atoms with E-state index in [0.717, 1.165) is 5.56 Å². The molecular formula is C11H15N3O2. The molecule has 5 N–H and O–H groups in total. The van der Waals surface area contributed by atoms with Gasteiger partial charge >= 0.3 is 0 Å². The number of nitrogens with one attached hydrogen (secondary N) is 1. The lowest BCUT2D eigenvalue weighted by Crippen LogP contribution is -2.28. The van der Waals surface area contributed by atoms with Crippen molar-refractivity contribution < 1.29 is 9.59 Å². The highest BCUT2D eigenvalue weighted by atomic mass is 16.2. The zero-order valence-corrected chi connectivity index (χ0v) is 9.12. The zero-order chi connectivity index (χ0) is 12.1. The van der Waals surface area contributed by atoms with Gasteiger partial charge in [-0.1, -0.05) is 12.1 Å². The third kappa shape index (κ3) is 2.98. The molecule has 1 aromatic carbocycles. The smallest absolute Gasteiger partial charge is 0.253 e. The van der Waals surface area contributed by atoms with E-state index < -0.39 is 5.91 Å². The summed E-state index contributed by atoms with van der Waals surface area (Å²) in [6.45, 7) is 2.05. The Bertz CT molecular complexity index is 416. The Labute approximate surface area is 93.8 Å². The van der Waals surface area contributed by atoms with E-state index in [1.54, 1.807) is 12.1 Å². The number of carbonyl (C=O) groups excluding carboxylic acids is 2. The molecule has 5 heteroatoms. The fourth-order valence-electron chi connectivity index (χ4n) is 1.27. The van der Waals surface area contributed by atoms with Crippen molar-refractivity contribution in [2.45, 2.75) is 13.3 Å². The number of hydrogen-bond donors (Lipinski definition) is 3. The minimum Gasteiger partial charge on any atom is -0.398 e. The highest BCUT2D eigenvalue weighted by molar-refractivity contribution is 5.99. The van der Waals surface area contributed by atoms with Gasteiger partial charge in [-0.2, -0.15) is 0 Å². The van der Waals surface area contributed by atoms with Gasteiger partial charge in [0.1, 0.15) is 0 Å². The molecule has 0 bridgehead atoms. The van der Waals surface area contributed by atoms with E-state index in [-0.39, 0.29) is 18.9 Å². The van der Waals surface area contributed by atoms with Crippen LogP contribution in [0.2, 0.25) is 0 Å². The van der Waals surface area contributed by atoms with Crippen LogP contribution in [0.25, 0.3) is 0 Å². The monoisotopic (exact) mass is 221 g/mol. The van der Waals surface area contributed by atoms with Crippen molar-refractivity contribution in [3.05, 3.63) is 29.3 Å². The summed E-state index contributed by atoms with van der Waals surface area (Å²) < 4.78 is 0. The number of rotatable bonds is 4. The molecule has 0 aliphatic carbocycles. The number of para-hydroxylation sites is 1. The van der Waals surface area contributed by atoms with Gasteiger partial charge in [-0.15, -0.1) is 0 Å². The van der Waals surface area contributed by atoms with Crippen molar-refractivity contribution in [2.75, 3.05) is 12.3 Å². The minimum absolute atomic E-state index is 0.122. The lowest BCUT2D eigenvalue weighted by molar-refractivity contribution is -0.117. The number of nitrogen functional groups attached to an aromatic ring is 1. The summed E-state index contributed by atoms with van der Waals surface area (Å²) in [6.07, 6.45) is 0.122. The first-order chi connectivity index (χ1) is 7.52. The lowest BCUT2D eigenvalue weighted by Gasteiger charge is -2.08. The molecule has 0 radical (unpaired) electrons. The molecule has 5 nitrogen and oxygen atoms in total. The molecule has 0 unspecified atom stereocenters. The van der Waals surface area contributed by atoms with Gasteiger partial charge in [0.25, 0.3) is 5.91 Å². The molecule has 0 aliphatic heterocycles. The number of benzene rings is 1. The van der Waals surface area contributed by atoms with Crippen LogP contribution in [0.4, 0.5) is 5.69 Å². The average molecular weight is 221 g/mol. The van der Waals surface area contributed by atoms with Crippen LogP contribution in [0.3, 0.4) is 0 Å². The van der Waals surface area contributed by atoms with Crippen molar-refractivity contribution in [1.82, 2.24) is 5.32 Å². The van der Waals surface area contributed by atoms with E-state index in [0.29, 0.717) is 11.3 Å². The van der Waals surface area contributed by atoms with Crippen molar-refractivity contribution in [3.63, 3.8) is 0 Å². The third-order valence-corrected chi connectivity index (χ3v) is 2.23. The van der Waals surface area contributed by atoms with Gasteiger partial charge in [-0.05, 0) is 18.6 Å². The third-order valence-electron chi connectivity index (χ3n) is 2.23. The highest BCUT2D eigenvalue weighted by Gasteiger charge is 2.10. The molecule has 86 valence electrons. The van der Waals surface area contributed by atoms with Crippen LogP contribution in [0.1, 0.15) is 22.3 Å². The SMILES string of the molecule is Cc1cccc(C(=O)NCCC(N)=O)c1N. The summed E-state index contributed by atoms with van der Waals surface area (Å²) in [6, 6.07) is 5.23. The van der Waals surface area contributed by atoms with Crippen LogP contribution in [0, 0.1) is 6.92 Å². The second-order valence-electron chi connectivity index (χ2n) is 3.51. The molecular weight excluding hydrogens is 206 g/mol. The van der Waals surface area contributed by atoms with Crippen LogP contribution in [-0.2, 0) is 4.79 Å². The van der Waals surface area contributed by atoms with Crippen molar-refractivity contribution in [1.29, 1.82) is 0 Å². The summed E-state index contributed by atoms with van der Waals surface area (Å²) in [5.74, 6) is -0.736. The second-order valence-corrected chi connectivity index (χ2v) is 3.51.